The van der Waals surface area contributed by atoms with E-state index in [4.69, 9.17) is 0 Å². The highest BCUT2D eigenvalue weighted by atomic mass is 32.2. The Hall–Kier alpha value is -4.01. The standard InChI is InChI=1S/C29H24F8N2O4S/c1-27(31,29(35,36)37)18-10-13-22(21(14-18)28(32,33)34)38-25(40)20-4-3-5-23(24(20)30)39(15-16-6-7-16)26(41)17-8-11-19(12-9-17)44(2,42)43/h3-5,8-14,16H,6-7,15H2,1-2H3,(H,38,40). The molecule has 44 heavy (non-hydrogen) atoms. The number of nitrogens with zero attached hydrogens (tertiary/aromatic N) is 1. The molecule has 236 valence electrons. The second-order valence-electron chi connectivity index (χ2n) is 10.5. The van der Waals surface area contributed by atoms with Gasteiger partial charge in [0, 0.05) is 18.4 Å². The largest absolute Gasteiger partial charge is 0.426 e. The number of anilines is 2. The molecule has 3 aromatic carbocycles. The Bertz CT molecular complexity index is 1700. The summed E-state index contributed by atoms with van der Waals surface area (Å²) in [7, 11) is -3.57. The summed E-state index contributed by atoms with van der Waals surface area (Å²) >= 11 is 0. The molecule has 1 fully saturated rings. The van der Waals surface area contributed by atoms with E-state index in [0.29, 0.717) is 12.1 Å². The van der Waals surface area contributed by atoms with Crippen molar-refractivity contribution in [1.82, 2.24) is 0 Å². The Morgan fingerprint density at radius 3 is 2.07 bits per heavy atom. The smallest absolute Gasteiger partial charge is 0.321 e. The van der Waals surface area contributed by atoms with E-state index < -0.39 is 67.9 Å². The van der Waals surface area contributed by atoms with Crippen LogP contribution in [0.1, 0.15) is 51.6 Å². The van der Waals surface area contributed by atoms with Crippen LogP contribution in [-0.4, -0.2) is 39.2 Å². The lowest BCUT2D eigenvalue weighted by atomic mass is 9.94. The summed E-state index contributed by atoms with van der Waals surface area (Å²) in [6.07, 6.45) is -8.45. The third kappa shape index (κ3) is 6.87. The monoisotopic (exact) mass is 648 g/mol. The number of sulfone groups is 1. The summed E-state index contributed by atoms with van der Waals surface area (Å²) in [6, 6.07) is 8.92. The van der Waals surface area contributed by atoms with Crippen molar-refractivity contribution in [2.75, 3.05) is 23.0 Å². The summed E-state index contributed by atoms with van der Waals surface area (Å²) in [5.74, 6) is -3.43. The molecule has 0 bridgehead atoms. The minimum atomic E-state index is -5.54. The first-order valence-corrected chi connectivity index (χ1v) is 14.8. The molecule has 6 nitrogen and oxygen atoms in total. The Kier molecular flexibility index (Phi) is 8.59. The van der Waals surface area contributed by atoms with E-state index in [-0.39, 0.29) is 41.6 Å². The van der Waals surface area contributed by atoms with Crippen molar-refractivity contribution in [3.63, 3.8) is 0 Å². The van der Waals surface area contributed by atoms with Crippen LogP contribution in [0.5, 0.6) is 0 Å². The van der Waals surface area contributed by atoms with E-state index in [1.165, 1.54) is 36.4 Å². The first-order chi connectivity index (χ1) is 20.2. The van der Waals surface area contributed by atoms with Crippen LogP contribution in [0.3, 0.4) is 0 Å². The summed E-state index contributed by atoms with van der Waals surface area (Å²) in [5, 5.41) is 1.83. The van der Waals surface area contributed by atoms with E-state index in [2.05, 4.69) is 0 Å². The van der Waals surface area contributed by atoms with Crippen molar-refractivity contribution >= 4 is 33.0 Å². The lowest BCUT2D eigenvalue weighted by molar-refractivity contribution is -0.228. The number of carbonyl (C=O) groups is 2. The van der Waals surface area contributed by atoms with Crippen LogP contribution >= 0.6 is 0 Å². The highest BCUT2D eigenvalue weighted by Crippen LogP contribution is 2.45. The van der Waals surface area contributed by atoms with Crippen LogP contribution in [0.15, 0.2) is 65.6 Å². The topological polar surface area (TPSA) is 83.6 Å². The van der Waals surface area contributed by atoms with Gasteiger partial charge in [-0.3, -0.25) is 9.59 Å². The number of amides is 2. The minimum absolute atomic E-state index is 0.000864. The highest BCUT2D eigenvalue weighted by Gasteiger charge is 2.54. The number of halogens is 8. The molecular formula is C29H24F8N2O4S. The van der Waals surface area contributed by atoms with E-state index in [9.17, 15) is 48.7 Å². The number of hydrogen-bond donors (Lipinski definition) is 1. The average Bonchev–Trinajstić information content (AvgIpc) is 3.74. The Balaban J connectivity index is 1.69. The molecule has 1 aliphatic carbocycles. The van der Waals surface area contributed by atoms with Gasteiger partial charge < -0.3 is 10.2 Å². The summed E-state index contributed by atoms with van der Waals surface area (Å²) < 4.78 is 134. The molecule has 1 saturated carbocycles. The molecule has 0 heterocycles. The maximum absolute atomic E-state index is 15.8. The molecule has 1 N–H and O–H groups in total. The zero-order chi connectivity index (χ0) is 32.8. The first-order valence-electron chi connectivity index (χ1n) is 12.9. The van der Waals surface area contributed by atoms with Gasteiger partial charge in [-0.25, -0.2) is 17.2 Å². The number of carbonyl (C=O) groups excluding carboxylic acids is 2. The molecule has 1 aliphatic rings. The third-order valence-corrected chi connectivity index (χ3v) is 8.20. The maximum Gasteiger partial charge on any atom is 0.426 e. The molecule has 15 heteroatoms. The van der Waals surface area contributed by atoms with Crippen molar-refractivity contribution in [2.45, 2.75) is 42.7 Å². The third-order valence-electron chi connectivity index (χ3n) is 7.07. The number of nitrogens with one attached hydrogen (secondary N) is 1. The molecule has 0 radical (unpaired) electrons. The Labute approximate surface area is 246 Å². The fourth-order valence-corrected chi connectivity index (χ4v) is 4.92. The minimum Gasteiger partial charge on any atom is -0.321 e. The maximum atomic E-state index is 15.8. The first kappa shape index (κ1) is 32.9. The zero-order valence-corrected chi connectivity index (χ0v) is 23.8. The van der Waals surface area contributed by atoms with Gasteiger partial charge in [-0.2, -0.15) is 26.3 Å². The predicted octanol–water partition coefficient (Wildman–Crippen LogP) is 7.30. The van der Waals surface area contributed by atoms with Crippen LogP contribution in [-0.2, 0) is 21.7 Å². The number of hydrogen-bond acceptors (Lipinski definition) is 4. The van der Waals surface area contributed by atoms with Crippen molar-refractivity contribution in [3.05, 3.63) is 88.7 Å². The molecular weight excluding hydrogens is 624 g/mol. The van der Waals surface area contributed by atoms with Crippen LogP contribution in [0, 0.1) is 11.7 Å². The van der Waals surface area contributed by atoms with Gasteiger partial charge in [0.15, 0.2) is 15.7 Å². The molecule has 0 aliphatic heterocycles. The van der Waals surface area contributed by atoms with Crippen molar-refractivity contribution in [1.29, 1.82) is 0 Å². The van der Waals surface area contributed by atoms with Crippen molar-refractivity contribution < 1.29 is 53.1 Å². The number of rotatable bonds is 8. The van der Waals surface area contributed by atoms with Crippen LogP contribution in [0.4, 0.5) is 46.5 Å². The van der Waals surface area contributed by atoms with Gasteiger partial charge in [0.05, 0.1) is 27.4 Å². The highest BCUT2D eigenvalue weighted by molar-refractivity contribution is 7.90. The van der Waals surface area contributed by atoms with Gasteiger partial charge in [0.2, 0.25) is 5.67 Å². The van der Waals surface area contributed by atoms with Gasteiger partial charge in [-0.1, -0.05) is 12.1 Å². The van der Waals surface area contributed by atoms with E-state index >= 15 is 4.39 Å². The lowest BCUT2D eigenvalue weighted by Crippen LogP contribution is -2.35. The summed E-state index contributed by atoms with van der Waals surface area (Å²) in [6.45, 7) is 0.0753. The SMILES string of the molecule is CC(F)(c1ccc(NC(=O)c2cccc(N(CC3CC3)C(=O)c3ccc(S(C)(=O)=O)cc3)c2F)c(C(F)(F)F)c1)C(F)(F)F. The fourth-order valence-electron chi connectivity index (χ4n) is 4.29. The normalized spacial score (nSPS) is 15.4. The van der Waals surface area contributed by atoms with Crippen LogP contribution < -0.4 is 10.2 Å². The molecule has 0 saturated heterocycles. The Morgan fingerprint density at radius 2 is 1.55 bits per heavy atom. The summed E-state index contributed by atoms with van der Waals surface area (Å²) in [5.41, 5.74) is -9.51. The van der Waals surface area contributed by atoms with Crippen LogP contribution in [0.25, 0.3) is 0 Å². The van der Waals surface area contributed by atoms with Gasteiger partial charge in [-0.05, 0) is 79.8 Å². The van der Waals surface area contributed by atoms with Crippen molar-refractivity contribution in [2.24, 2.45) is 5.92 Å². The van der Waals surface area contributed by atoms with Gasteiger partial charge >= 0.3 is 12.4 Å². The second kappa shape index (κ2) is 11.5. The predicted molar refractivity (Wildman–Crippen MR) is 144 cm³/mol. The molecule has 2 amide bonds. The second-order valence-corrected chi connectivity index (χ2v) is 12.5. The molecule has 0 aromatic heterocycles. The molecule has 4 rings (SSSR count). The van der Waals surface area contributed by atoms with Gasteiger partial charge in [0.1, 0.15) is 0 Å². The van der Waals surface area contributed by atoms with Gasteiger partial charge in [0.25, 0.3) is 11.8 Å². The van der Waals surface area contributed by atoms with E-state index in [0.717, 1.165) is 30.1 Å². The van der Waals surface area contributed by atoms with E-state index in [1.807, 2.05) is 5.32 Å². The lowest BCUT2D eigenvalue weighted by Gasteiger charge is -2.26. The molecule has 0 spiro atoms. The zero-order valence-electron chi connectivity index (χ0n) is 23.0. The quantitative estimate of drug-likeness (QED) is 0.260. The molecule has 1 unspecified atom stereocenters. The van der Waals surface area contributed by atoms with Gasteiger partial charge in [-0.15, -0.1) is 0 Å². The van der Waals surface area contributed by atoms with E-state index in [1.54, 1.807) is 0 Å². The average molecular weight is 649 g/mol. The molecule has 3 aromatic rings. The number of benzene rings is 3. The fraction of sp³-hybridized carbons (Fsp3) is 0.310. The molecule has 1 atom stereocenters. The van der Waals surface area contributed by atoms with Crippen LogP contribution in [0.2, 0.25) is 0 Å². The van der Waals surface area contributed by atoms with Crippen molar-refractivity contribution in [3.8, 4) is 0 Å². The summed E-state index contributed by atoms with van der Waals surface area (Å²) in [4.78, 5) is 27.4. The number of alkyl halides is 7. The Morgan fingerprint density at radius 1 is 0.932 bits per heavy atom.